The minimum atomic E-state index is -3.80. The Balaban J connectivity index is 1.80. The third kappa shape index (κ3) is 3.93. The number of hydrogen-bond acceptors (Lipinski definition) is 4. The Morgan fingerprint density at radius 1 is 1.16 bits per heavy atom. The van der Waals surface area contributed by atoms with Crippen molar-refractivity contribution in [2.24, 2.45) is 0 Å². The summed E-state index contributed by atoms with van der Waals surface area (Å²) in [4.78, 5) is -0.0573. The van der Waals surface area contributed by atoms with Gasteiger partial charge in [-0.3, -0.25) is 0 Å². The Kier molecular flexibility index (Phi) is 5.24. The molecular weight excluding hydrogens is 345 g/mol. The van der Waals surface area contributed by atoms with Crippen molar-refractivity contribution in [3.05, 3.63) is 54.3 Å². The molecule has 2 aromatic carbocycles. The second kappa shape index (κ2) is 7.41. The fourth-order valence-electron chi connectivity index (χ4n) is 2.72. The molecule has 3 rings (SSSR count). The monoisotopic (exact) mass is 365 g/mol. The highest BCUT2D eigenvalue weighted by molar-refractivity contribution is 7.89. The van der Waals surface area contributed by atoms with E-state index in [1.54, 1.807) is 12.1 Å². The minimum Gasteiger partial charge on any atom is -0.486 e. The van der Waals surface area contributed by atoms with Crippen molar-refractivity contribution in [3.8, 4) is 11.5 Å². The molecule has 0 saturated carbocycles. The van der Waals surface area contributed by atoms with Gasteiger partial charge in [0, 0.05) is 6.54 Å². The second-order valence-electron chi connectivity index (χ2n) is 5.82. The highest BCUT2D eigenvalue weighted by Gasteiger charge is 2.30. The second-order valence-corrected chi connectivity index (χ2v) is 7.76. The average molecular weight is 365 g/mol. The first-order valence-electron chi connectivity index (χ1n) is 8.15. The summed E-state index contributed by atoms with van der Waals surface area (Å²) in [7, 11) is -3.80. The Bertz CT molecular complexity index is 840. The molecule has 0 saturated heterocycles. The first kappa shape index (κ1) is 17.7. The molecule has 2 aromatic rings. The van der Waals surface area contributed by atoms with Crippen LogP contribution < -0.4 is 9.47 Å². The number of halogens is 1. The number of sulfonamides is 1. The van der Waals surface area contributed by atoms with Crippen LogP contribution in [-0.2, 0) is 10.0 Å². The molecule has 1 aliphatic heterocycles. The summed E-state index contributed by atoms with van der Waals surface area (Å²) in [6.07, 6.45) is 0.211. The number of para-hydroxylation sites is 2. The van der Waals surface area contributed by atoms with E-state index in [2.05, 4.69) is 0 Å². The fraction of sp³-hybridized carbons (Fsp3) is 0.333. The molecule has 0 fully saturated rings. The Labute approximate surface area is 147 Å². The third-order valence-electron chi connectivity index (χ3n) is 3.88. The maximum Gasteiger partial charge on any atom is 0.243 e. The first-order chi connectivity index (χ1) is 12.0. The summed E-state index contributed by atoms with van der Waals surface area (Å²) in [5.41, 5.74) is 0. The zero-order valence-corrected chi connectivity index (χ0v) is 14.7. The van der Waals surface area contributed by atoms with Gasteiger partial charge < -0.3 is 9.47 Å². The summed E-state index contributed by atoms with van der Waals surface area (Å²) in [6, 6.07) is 12.3. The van der Waals surface area contributed by atoms with E-state index < -0.39 is 21.9 Å². The van der Waals surface area contributed by atoms with Crippen molar-refractivity contribution in [2.45, 2.75) is 24.3 Å². The molecule has 25 heavy (non-hydrogen) atoms. The van der Waals surface area contributed by atoms with Crippen LogP contribution in [0.15, 0.2) is 53.4 Å². The van der Waals surface area contributed by atoms with Crippen molar-refractivity contribution in [3.63, 3.8) is 0 Å². The molecule has 1 unspecified atom stereocenters. The van der Waals surface area contributed by atoms with Gasteiger partial charge in [0.05, 0.1) is 11.4 Å². The van der Waals surface area contributed by atoms with Crippen molar-refractivity contribution < 1.29 is 22.3 Å². The molecule has 0 aromatic heterocycles. The van der Waals surface area contributed by atoms with Crippen LogP contribution in [0, 0.1) is 5.82 Å². The molecule has 0 N–H and O–H groups in total. The standard InChI is InChI=1S/C18H20FNO4S/c1-2-10-20(25(21,22)16-7-5-6-14(19)11-16)12-15-13-23-17-8-3-4-9-18(17)24-15/h3-9,11,15H,2,10,12-13H2,1H3. The van der Waals surface area contributed by atoms with Crippen molar-refractivity contribution in [1.29, 1.82) is 0 Å². The predicted molar refractivity (Wildman–Crippen MR) is 91.8 cm³/mol. The van der Waals surface area contributed by atoms with Crippen LogP contribution in [0.2, 0.25) is 0 Å². The highest BCUT2D eigenvalue weighted by Crippen LogP contribution is 2.31. The number of rotatable bonds is 6. The number of ether oxygens (including phenoxy) is 2. The normalized spacial score (nSPS) is 16.8. The number of nitrogens with zero attached hydrogens (tertiary/aromatic N) is 1. The van der Waals surface area contributed by atoms with Gasteiger partial charge in [0.15, 0.2) is 11.5 Å². The van der Waals surface area contributed by atoms with E-state index >= 15 is 0 Å². The van der Waals surface area contributed by atoms with Gasteiger partial charge in [0.2, 0.25) is 10.0 Å². The Hall–Kier alpha value is -2.12. The SMILES string of the molecule is CCCN(CC1COc2ccccc2O1)S(=O)(=O)c1cccc(F)c1. The van der Waals surface area contributed by atoms with Crippen LogP contribution in [0.25, 0.3) is 0 Å². The fourth-order valence-corrected chi connectivity index (χ4v) is 4.31. The largest absolute Gasteiger partial charge is 0.486 e. The van der Waals surface area contributed by atoms with Gasteiger partial charge in [0.1, 0.15) is 18.5 Å². The highest BCUT2D eigenvalue weighted by atomic mass is 32.2. The smallest absolute Gasteiger partial charge is 0.243 e. The summed E-state index contributed by atoms with van der Waals surface area (Å²) in [5.74, 6) is 0.663. The zero-order valence-electron chi connectivity index (χ0n) is 13.9. The third-order valence-corrected chi connectivity index (χ3v) is 5.74. The maximum atomic E-state index is 13.4. The van der Waals surface area contributed by atoms with Crippen molar-refractivity contribution in [2.75, 3.05) is 19.7 Å². The lowest BCUT2D eigenvalue weighted by atomic mass is 10.2. The van der Waals surface area contributed by atoms with Gasteiger partial charge in [-0.15, -0.1) is 0 Å². The van der Waals surface area contributed by atoms with Gasteiger partial charge in [0.25, 0.3) is 0 Å². The van der Waals surface area contributed by atoms with E-state index in [1.807, 2.05) is 19.1 Å². The number of benzene rings is 2. The molecule has 5 nitrogen and oxygen atoms in total. The van der Waals surface area contributed by atoms with E-state index in [0.717, 1.165) is 6.07 Å². The van der Waals surface area contributed by atoms with Gasteiger partial charge in [-0.25, -0.2) is 12.8 Å². The lowest BCUT2D eigenvalue weighted by molar-refractivity contribution is 0.0764. The predicted octanol–water partition coefficient (Wildman–Crippen LogP) is 3.07. The van der Waals surface area contributed by atoms with Crippen LogP contribution >= 0.6 is 0 Å². The van der Waals surface area contributed by atoms with Gasteiger partial charge in [-0.1, -0.05) is 25.1 Å². The first-order valence-corrected chi connectivity index (χ1v) is 9.59. The molecule has 7 heteroatoms. The summed E-state index contributed by atoms with van der Waals surface area (Å²) in [6.45, 7) is 2.61. The Morgan fingerprint density at radius 3 is 2.64 bits per heavy atom. The average Bonchev–Trinajstić information content (AvgIpc) is 2.61. The van der Waals surface area contributed by atoms with Crippen LogP contribution in [0.1, 0.15) is 13.3 Å². The summed E-state index contributed by atoms with van der Waals surface area (Å²) >= 11 is 0. The van der Waals surface area contributed by atoms with E-state index in [0.29, 0.717) is 24.5 Å². The number of fused-ring (bicyclic) bond motifs is 1. The molecule has 1 heterocycles. The van der Waals surface area contributed by atoms with Crippen LogP contribution in [0.3, 0.4) is 0 Å². The summed E-state index contributed by atoms with van der Waals surface area (Å²) < 4.78 is 52.0. The molecule has 1 atom stereocenters. The molecule has 0 spiro atoms. The van der Waals surface area contributed by atoms with Crippen LogP contribution in [0.4, 0.5) is 4.39 Å². The number of hydrogen-bond donors (Lipinski definition) is 0. The van der Waals surface area contributed by atoms with Gasteiger partial charge in [-0.05, 0) is 36.8 Å². The van der Waals surface area contributed by atoms with Crippen molar-refractivity contribution >= 4 is 10.0 Å². The maximum absolute atomic E-state index is 13.4. The molecule has 1 aliphatic rings. The topological polar surface area (TPSA) is 55.8 Å². The van der Waals surface area contributed by atoms with E-state index in [4.69, 9.17) is 9.47 Å². The molecule has 0 radical (unpaired) electrons. The quantitative estimate of drug-likeness (QED) is 0.789. The minimum absolute atomic E-state index is 0.0573. The van der Waals surface area contributed by atoms with Gasteiger partial charge in [-0.2, -0.15) is 4.31 Å². The van der Waals surface area contributed by atoms with Crippen LogP contribution in [0.5, 0.6) is 11.5 Å². The summed E-state index contributed by atoms with van der Waals surface area (Å²) in [5, 5.41) is 0. The molecule has 134 valence electrons. The zero-order chi connectivity index (χ0) is 17.9. The Morgan fingerprint density at radius 2 is 1.92 bits per heavy atom. The van der Waals surface area contributed by atoms with E-state index in [9.17, 15) is 12.8 Å². The molecular formula is C18H20FNO4S. The van der Waals surface area contributed by atoms with E-state index in [-0.39, 0.29) is 18.0 Å². The van der Waals surface area contributed by atoms with Gasteiger partial charge >= 0.3 is 0 Å². The van der Waals surface area contributed by atoms with E-state index in [1.165, 1.54) is 22.5 Å². The molecule has 0 aliphatic carbocycles. The van der Waals surface area contributed by atoms with Crippen molar-refractivity contribution in [1.82, 2.24) is 4.31 Å². The lowest BCUT2D eigenvalue weighted by Gasteiger charge is -2.30. The lowest BCUT2D eigenvalue weighted by Crippen LogP contribution is -2.44. The van der Waals surface area contributed by atoms with Crippen LogP contribution in [-0.4, -0.2) is 38.5 Å². The molecule has 0 bridgehead atoms. The molecule has 0 amide bonds.